The predicted octanol–water partition coefficient (Wildman–Crippen LogP) is 4.12. The number of aliphatic hydroxyl groups is 1. The second-order valence-corrected chi connectivity index (χ2v) is 7.35. The number of benzene rings is 2. The summed E-state index contributed by atoms with van der Waals surface area (Å²) in [6.45, 7) is -0.0288. The van der Waals surface area contributed by atoms with E-state index < -0.39 is 0 Å². The molecule has 1 saturated carbocycles. The first-order chi connectivity index (χ1) is 13.7. The van der Waals surface area contributed by atoms with Crippen molar-refractivity contribution in [3.8, 4) is 17.0 Å². The molecule has 5 heteroatoms. The van der Waals surface area contributed by atoms with E-state index in [4.69, 9.17) is 9.72 Å². The Morgan fingerprint density at radius 2 is 2.00 bits per heavy atom. The quantitative estimate of drug-likeness (QED) is 0.565. The van der Waals surface area contributed by atoms with Gasteiger partial charge in [0, 0.05) is 11.5 Å². The van der Waals surface area contributed by atoms with Crippen molar-refractivity contribution in [2.75, 3.05) is 7.11 Å². The second-order valence-electron chi connectivity index (χ2n) is 7.35. The van der Waals surface area contributed by atoms with Crippen LogP contribution in [0.5, 0.6) is 5.75 Å². The first kappa shape index (κ1) is 17.0. The van der Waals surface area contributed by atoms with Crippen molar-refractivity contribution in [2.45, 2.75) is 25.4 Å². The molecule has 2 aromatic heterocycles. The molecule has 4 aromatic rings. The van der Waals surface area contributed by atoms with Gasteiger partial charge in [-0.2, -0.15) is 0 Å². The van der Waals surface area contributed by atoms with Crippen LogP contribution in [0.25, 0.3) is 33.1 Å². The molecule has 0 atom stereocenters. The van der Waals surface area contributed by atoms with Gasteiger partial charge in [-0.1, -0.05) is 12.1 Å². The minimum atomic E-state index is -0.173. The van der Waals surface area contributed by atoms with Crippen LogP contribution in [-0.4, -0.2) is 22.2 Å². The maximum atomic E-state index is 12.8. The van der Waals surface area contributed by atoms with E-state index in [0.717, 1.165) is 40.2 Å². The molecule has 1 fully saturated rings. The summed E-state index contributed by atoms with van der Waals surface area (Å²) < 4.78 is 5.24. The number of pyridine rings is 2. The Hall–Kier alpha value is -3.18. The van der Waals surface area contributed by atoms with Gasteiger partial charge in [0.15, 0.2) is 0 Å². The predicted molar refractivity (Wildman–Crippen MR) is 110 cm³/mol. The summed E-state index contributed by atoms with van der Waals surface area (Å²) in [6, 6.07) is 15.4. The van der Waals surface area contributed by atoms with Crippen LogP contribution >= 0.6 is 0 Å². The third kappa shape index (κ3) is 2.84. The monoisotopic (exact) mass is 372 g/mol. The number of nitrogens with one attached hydrogen (secondary N) is 1. The Bertz CT molecular complexity index is 1270. The highest BCUT2D eigenvalue weighted by molar-refractivity contribution is 5.89. The van der Waals surface area contributed by atoms with Crippen molar-refractivity contribution >= 4 is 21.8 Å². The highest BCUT2D eigenvalue weighted by atomic mass is 16.5. The lowest BCUT2D eigenvalue weighted by Crippen LogP contribution is -2.10. The molecule has 0 unspecified atom stereocenters. The first-order valence-corrected chi connectivity index (χ1v) is 9.42. The zero-order valence-electron chi connectivity index (χ0n) is 15.5. The highest BCUT2D eigenvalue weighted by Gasteiger charge is 2.26. The number of hydrogen-bond donors (Lipinski definition) is 2. The third-order valence-corrected chi connectivity index (χ3v) is 5.44. The molecular weight excluding hydrogens is 352 g/mol. The molecule has 2 N–H and O–H groups in total. The lowest BCUT2D eigenvalue weighted by Gasteiger charge is -2.11. The number of aliphatic hydroxyl groups excluding tert-OH is 1. The molecule has 1 aliphatic carbocycles. The number of aromatic nitrogens is 2. The molecule has 140 valence electrons. The maximum absolute atomic E-state index is 12.8. The maximum Gasteiger partial charge on any atom is 0.257 e. The van der Waals surface area contributed by atoms with E-state index in [1.54, 1.807) is 7.11 Å². The van der Waals surface area contributed by atoms with Gasteiger partial charge in [-0.3, -0.25) is 4.79 Å². The van der Waals surface area contributed by atoms with Crippen LogP contribution in [0.1, 0.15) is 29.9 Å². The fourth-order valence-corrected chi connectivity index (χ4v) is 3.77. The van der Waals surface area contributed by atoms with Crippen molar-refractivity contribution in [1.29, 1.82) is 0 Å². The second kappa shape index (κ2) is 6.46. The molecule has 0 spiro atoms. The number of rotatable bonds is 4. The lowest BCUT2D eigenvalue weighted by atomic mass is 9.99. The molecule has 1 aliphatic rings. The van der Waals surface area contributed by atoms with Gasteiger partial charge in [-0.15, -0.1) is 0 Å². The number of aromatic amines is 1. The Kier molecular flexibility index (Phi) is 3.91. The number of hydrogen-bond acceptors (Lipinski definition) is 4. The van der Waals surface area contributed by atoms with E-state index >= 15 is 0 Å². The Morgan fingerprint density at radius 3 is 2.75 bits per heavy atom. The van der Waals surface area contributed by atoms with Crippen molar-refractivity contribution < 1.29 is 9.84 Å². The van der Waals surface area contributed by atoms with Gasteiger partial charge in [-0.05, 0) is 65.6 Å². The summed E-state index contributed by atoms with van der Waals surface area (Å²) in [5.41, 5.74) is 4.66. The number of fused-ring (bicyclic) bond motifs is 2. The van der Waals surface area contributed by atoms with Gasteiger partial charge in [0.05, 0.1) is 36.0 Å². The molecule has 5 rings (SSSR count). The minimum absolute atomic E-state index is 0.0288. The summed E-state index contributed by atoms with van der Waals surface area (Å²) in [4.78, 5) is 20.5. The number of methoxy groups -OCH3 is 1. The minimum Gasteiger partial charge on any atom is -0.497 e. The van der Waals surface area contributed by atoms with E-state index in [1.165, 1.54) is 5.56 Å². The van der Waals surface area contributed by atoms with Crippen LogP contribution in [0, 0.1) is 0 Å². The van der Waals surface area contributed by atoms with Crippen molar-refractivity contribution in [2.24, 2.45) is 0 Å². The molecule has 28 heavy (non-hydrogen) atoms. The van der Waals surface area contributed by atoms with Gasteiger partial charge >= 0.3 is 0 Å². The van der Waals surface area contributed by atoms with Gasteiger partial charge in [0.1, 0.15) is 5.75 Å². The van der Waals surface area contributed by atoms with E-state index in [1.807, 2.05) is 42.5 Å². The lowest BCUT2D eigenvalue weighted by molar-refractivity contribution is 0.282. The van der Waals surface area contributed by atoms with Gasteiger partial charge < -0.3 is 14.8 Å². The van der Waals surface area contributed by atoms with Crippen molar-refractivity contribution in [1.82, 2.24) is 9.97 Å². The molecular formula is C23H20N2O3. The summed E-state index contributed by atoms with van der Waals surface area (Å²) >= 11 is 0. The molecule has 2 heterocycles. The first-order valence-electron chi connectivity index (χ1n) is 9.42. The zero-order valence-corrected chi connectivity index (χ0v) is 15.5. The van der Waals surface area contributed by atoms with E-state index in [0.29, 0.717) is 22.9 Å². The van der Waals surface area contributed by atoms with Crippen LogP contribution < -0.4 is 10.3 Å². The van der Waals surface area contributed by atoms with Crippen LogP contribution in [0.3, 0.4) is 0 Å². The molecule has 0 radical (unpaired) electrons. The van der Waals surface area contributed by atoms with E-state index in [2.05, 4.69) is 11.1 Å². The standard InChI is InChI=1S/C23H20N2O3/c1-28-16-6-5-15-9-19(23(27)25-20(15)10-16)22-11-18(14-3-4-14)17-7-2-13(12-26)8-21(17)24-22/h2,5-11,14,26H,3-4,12H2,1H3,(H,25,27). The smallest absolute Gasteiger partial charge is 0.257 e. The summed E-state index contributed by atoms with van der Waals surface area (Å²) in [5, 5.41) is 11.5. The molecule has 5 nitrogen and oxygen atoms in total. The average Bonchev–Trinajstić information content (AvgIpc) is 3.56. The molecule has 2 aromatic carbocycles. The Labute approximate surface area is 161 Å². The number of nitrogens with zero attached hydrogens (tertiary/aromatic N) is 1. The van der Waals surface area contributed by atoms with Crippen molar-refractivity contribution in [3.05, 3.63) is 70.0 Å². The van der Waals surface area contributed by atoms with E-state index in [-0.39, 0.29) is 12.2 Å². The third-order valence-electron chi connectivity index (χ3n) is 5.44. The Morgan fingerprint density at radius 1 is 1.14 bits per heavy atom. The number of ether oxygens (including phenoxy) is 1. The fraction of sp³-hybridized carbons (Fsp3) is 0.217. The summed E-state index contributed by atoms with van der Waals surface area (Å²) in [6.07, 6.45) is 2.32. The highest BCUT2D eigenvalue weighted by Crippen LogP contribution is 2.44. The average molecular weight is 372 g/mol. The topological polar surface area (TPSA) is 75.2 Å². The van der Waals surface area contributed by atoms with Crippen molar-refractivity contribution in [3.63, 3.8) is 0 Å². The largest absolute Gasteiger partial charge is 0.497 e. The summed E-state index contributed by atoms with van der Waals surface area (Å²) in [5.74, 6) is 1.22. The van der Waals surface area contributed by atoms with Crippen LogP contribution in [0.15, 0.2) is 53.3 Å². The van der Waals surface area contributed by atoms with E-state index in [9.17, 15) is 9.90 Å². The summed E-state index contributed by atoms with van der Waals surface area (Å²) in [7, 11) is 1.60. The van der Waals surface area contributed by atoms with Crippen LogP contribution in [0.2, 0.25) is 0 Å². The van der Waals surface area contributed by atoms with Gasteiger partial charge in [-0.25, -0.2) is 4.98 Å². The van der Waals surface area contributed by atoms with Crippen LogP contribution in [0.4, 0.5) is 0 Å². The number of H-pyrrole nitrogens is 1. The van der Waals surface area contributed by atoms with Crippen LogP contribution in [-0.2, 0) is 6.61 Å². The van der Waals surface area contributed by atoms with Gasteiger partial charge in [0.25, 0.3) is 5.56 Å². The molecule has 0 amide bonds. The SMILES string of the molecule is COc1ccc2cc(-c3cc(C4CC4)c4ccc(CO)cc4n3)c(=O)[nH]c2c1. The zero-order chi connectivity index (χ0) is 19.3. The van der Waals surface area contributed by atoms with Gasteiger partial charge in [0.2, 0.25) is 0 Å². The normalized spacial score (nSPS) is 13.9. The molecule has 0 saturated heterocycles. The molecule has 0 bridgehead atoms. The Balaban J connectivity index is 1.74. The molecule has 0 aliphatic heterocycles. The fourth-order valence-electron chi connectivity index (χ4n) is 3.77.